The van der Waals surface area contributed by atoms with E-state index in [-0.39, 0.29) is 18.7 Å². The summed E-state index contributed by atoms with van der Waals surface area (Å²) in [6, 6.07) is 6.88. The minimum absolute atomic E-state index is 0.246. The van der Waals surface area contributed by atoms with Gasteiger partial charge in [-0.25, -0.2) is 9.67 Å². The minimum atomic E-state index is -1.23. The largest absolute Gasteiger partial charge is 0.383 e. The molecule has 2 aliphatic rings. The number of anilines is 1. The molecule has 5 heterocycles. The van der Waals surface area contributed by atoms with Crippen molar-refractivity contribution in [1.82, 2.24) is 29.5 Å². The number of aromatic nitrogens is 4. The molecule has 4 aromatic rings. The van der Waals surface area contributed by atoms with E-state index < -0.39 is 25.5 Å². The number of pyridine rings is 1. The molecule has 0 radical (unpaired) electrons. The third kappa shape index (κ3) is 7.03. The number of benzene rings is 1. The van der Waals surface area contributed by atoms with Gasteiger partial charge in [-0.2, -0.15) is 5.10 Å². The van der Waals surface area contributed by atoms with Gasteiger partial charge in [-0.05, 0) is 62.4 Å². The topological polar surface area (TPSA) is 126 Å². The van der Waals surface area contributed by atoms with Crippen molar-refractivity contribution in [3.05, 3.63) is 47.4 Å². The first-order valence-corrected chi connectivity index (χ1v) is 20.7. The lowest BCUT2D eigenvalue weighted by Gasteiger charge is -2.38. The van der Waals surface area contributed by atoms with E-state index in [0.29, 0.717) is 37.2 Å². The molecule has 0 spiro atoms. The molecular weight excluding hydrogens is 619 g/mol. The number of aliphatic hydroxyl groups is 1. The first kappa shape index (κ1) is 32.7. The number of carbonyl (C=O) groups is 2. The summed E-state index contributed by atoms with van der Waals surface area (Å²) < 4.78 is 8.63. The second-order valence-corrected chi connectivity index (χ2v) is 21.0. The number of rotatable bonds is 8. The molecule has 2 amide bonds. The van der Waals surface area contributed by atoms with Gasteiger partial charge in [0.05, 0.1) is 39.9 Å². The van der Waals surface area contributed by atoms with Gasteiger partial charge in [0.1, 0.15) is 17.3 Å². The second-order valence-electron chi connectivity index (χ2n) is 14.3. The van der Waals surface area contributed by atoms with Crippen molar-refractivity contribution >= 4 is 58.0 Å². The van der Waals surface area contributed by atoms with Crippen LogP contribution in [0.1, 0.15) is 49.2 Å². The van der Waals surface area contributed by atoms with E-state index in [2.05, 4.69) is 53.9 Å². The Bertz CT molecular complexity index is 1730. The summed E-state index contributed by atoms with van der Waals surface area (Å²) in [5, 5.41) is 20.2. The number of nitrogens with one attached hydrogen (secondary N) is 1. The highest BCUT2D eigenvalue weighted by atomic mass is 32.1. The van der Waals surface area contributed by atoms with Gasteiger partial charge < -0.3 is 25.0 Å². The molecule has 0 aliphatic carbocycles. The van der Waals surface area contributed by atoms with Crippen molar-refractivity contribution in [2.45, 2.75) is 76.7 Å². The van der Waals surface area contributed by atoms with Crippen molar-refractivity contribution in [1.29, 1.82) is 0 Å². The Kier molecular flexibility index (Phi) is 9.32. The average molecular weight is 664 g/mol. The van der Waals surface area contributed by atoms with Crippen LogP contribution in [0.15, 0.2) is 36.8 Å². The third-order valence-corrected chi connectivity index (χ3v) is 12.2. The van der Waals surface area contributed by atoms with Crippen LogP contribution in [0.2, 0.25) is 25.7 Å². The molecule has 0 bridgehead atoms. The van der Waals surface area contributed by atoms with Crippen LogP contribution in [0.5, 0.6) is 0 Å². The first-order valence-electron chi connectivity index (χ1n) is 16.2. The Hall–Kier alpha value is -3.23. The molecule has 2 fully saturated rings. The van der Waals surface area contributed by atoms with Crippen LogP contribution in [0.3, 0.4) is 0 Å². The van der Waals surface area contributed by atoms with E-state index in [4.69, 9.17) is 9.72 Å². The lowest BCUT2D eigenvalue weighted by molar-refractivity contribution is -0.146. The zero-order valence-corrected chi connectivity index (χ0v) is 29.3. The number of amides is 2. The zero-order valence-electron chi connectivity index (χ0n) is 27.5. The SMILES string of the molecule is C[C@H]1CC[C@H](c2ccc3sc(C4(O)CCN(C)CC4)nc3c2)N(C(=O)C(=O)Nc2cncc3cnn(COCC[Si](C)(C)C)c23)C1. The predicted molar refractivity (Wildman–Crippen MR) is 183 cm³/mol. The zero-order chi connectivity index (χ0) is 32.6. The summed E-state index contributed by atoms with van der Waals surface area (Å²) >= 11 is 1.54. The molecule has 2 saturated heterocycles. The van der Waals surface area contributed by atoms with E-state index in [1.165, 1.54) is 11.3 Å². The second kappa shape index (κ2) is 13.1. The van der Waals surface area contributed by atoms with Gasteiger partial charge in [0.25, 0.3) is 0 Å². The maximum atomic E-state index is 13.8. The highest BCUT2D eigenvalue weighted by Crippen LogP contribution is 2.40. The molecule has 0 saturated carbocycles. The van der Waals surface area contributed by atoms with Crippen molar-refractivity contribution < 1.29 is 19.4 Å². The Morgan fingerprint density at radius 1 is 1.15 bits per heavy atom. The maximum Gasteiger partial charge on any atom is 0.314 e. The summed E-state index contributed by atoms with van der Waals surface area (Å²) in [6.07, 6.45) is 7.94. The van der Waals surface area contributed by atoms with Crippen LogP contribution in [0.25, 0.3) is 21.1 Å². The fourth-order valence-electron chi connectivity index (χ4n) is 6.34. The Balaban J connectivity index is 1.20. The van der Waals surface area contributed by atoms with Gasteiger partial charge in [0.2, 0.25) is 0 Å². The van der Waals surface area contributed by atoms with Crippen molar-refractivity contribution in [2.75, 3.05) is 38.6 Å². The lowest BCUT2D eigenvalue weighted by atomic mass is 9.89. The highest BCUT2D eigenvalue weighted by Gasteiger charge is 2.37. The summed E-state index contributed by atoms with van der Waals surface area (Å²) in [4.78, 5) is 40.5. The van der Waals surface area contributed by atoms with Crippen LogP contribution in [0, 0.1) is 5.92 Å². The van der Waals surface area contributed by atoms with Crippen molar-refractivity contribution in [3.8, 4) is 0 Å². The number of fused-ring (bicyclic) bond motifs is 2. The predicted octanol–water partition coefficient (Wildman–Crippen LogP) is 5.20. The van der Waals surface area contributed by atoms with Crippen LogP contribution in [-0.2, 0) is 26.7 Å². The van der Waals surface area contributed by atoms with Gasteiger partial charge >= 0.3 is 11.8 Å². The molecule has 11 nitrogen and oxygen atoms in total. The standard InChI is InChI=1S/C33H45N7O4SSi/c1-22-6-8-27(23-7-9-28-25(16-23)37-32(45-28)33(43)10-12-38(2)13-11-33)39(20-22)31(42)30(41)36-26-19-34-17-24-18-35-40(29(24)26)21-44-14-15-46(3,4)5/h7,9,16-19,22,27,43H,6,8,10-15,20-21H2,1-5H3,(H,36,41)/t22-,27+/m0/s1. The summed E-state index contributed by atoms with van der Waals surface area (Å²) in [6.45, 7) is 12.1. The Morgan fingerprint density at radius 2 is 1.93 bits per heavy atom. The van der Waals surface area contributed by atoms with E-state index in [1.807, 2.05) is 18.2 Å². The van der Waals surface area contributed by atoms with Gasteiger partial charge in [0, 0.05) is 45.9 Å². The van der Waals surface area contributed by atoms with Crippen LogP contribution >= 0.6 is 11.3 Å². The highest BCUT2D eigenvalue weighted by molar-refractivity contribution is 7.18. The molecule has 46 heavy (non-hydrogen) atoms. The molecule has 2 atom stereocenters. The average Bonchev–Trinajstić information content (AvgIpc) is 3.65. The Labute approximate surface area is 275 Å². The molecule has 3 aromatic heterocycles. The smallest absolute Gasteiger partial charge is 0.314 e. The van der Waals surface area contributed by atoms with Crippen LogP contribution < -0.4 is 5.32 Å². The Morgan fingerprint density at radius 3 is 2.70 bits per heavy atom. The number of thiazole rings is 1. The van der Waals surface area contributed by atoms with Gasteiger partial charge in [-0.1, -0.05) is 32.6 Å². The maximum absolute atomic E-state index is 13.8. The molecule has 2 N–H and O–H groups in total. The fraction of sp³-hybridized carbons (Fsp3) is 0.545. The van der Waals surface area contributed by atoms with Crippen LogP contribution in [0.4, 0.5) is 5.69 Å². The lowest BCUT2D eigenvalue weighted by Crippen LogP contribution is -2.46. The molecule has 6 rings (SSSR count). The molecule has 2 aliphatic heterocycles. The van der Waals surface area contributed by atoms with E-state index >= 15 is 0 Å². The molecule has 246 valence electrons. The first-order chi connectivity index (χ1) is 21.9. The quantitative estimate of drug-likeness (QED) is 0.150. The number of hydrogen-bond acceptors (Lipinski definition) is 9. The normalized spacial score (nSPS) is 20.8. The molecule has 13 heteroatoms. The number of likely N-dealkylation sites (tertiary alicyclic amines) is 2. The summed E-state index contributed by atoms with van der Waals surface area (Å²) in [5.41, 5.74) is 1.95. The molecular formula is C33H45N7O4SSi. The summed E-state index contributed by atoms with van der Waals surface area (Å²) in [5.74, 6) is -1.02. The van der Waals surface area contributed by atoms with E-state index in [1.54, 1.807) is 28.2 Å². The van der Waals surface area contributed by atoms with Crippen LogP contribution in [-0.4, -0.2) is 87.8 Å². The number of carbonyl (C=O) groups excluding carboxylic acids is 2. The van der Waals surface area contributed by atoms with Gasteiger partial charge in [-0.3, -0.25) is 14.6 Å². The van der Waals surface area contributed by atoms with E-state index in [0.717, 1.165) is 58.1 Å². The van der Waals surface area contributed by atoms with E-state index in [9.17, 15) is 14.7 Å². The number of nitrogens with zero attached hydrogens (tertiary/aromatic N) is 6. The number of hydrogen-bond donors (Lipinski definition) is 2. The monoisotopic (exact) mass is 663 g/mol. The summed E-state index contributed by atoms with van der Waals surface area (Å²) in [7, 11) is 0.837. The molecule has 1 aromatic carbocycles. The minimum Gasteiger partial charge on any atom is -0.383 e. The molecule has 0 unspecified atom stereocenters. The van der Waals surface area contributed by atoms with Gasteiger partial charge in [-0.15, -0.1) is 11.3 Å². The van der Waals surface area contributed by atoms with Crippen molar-refractivity contribution in [2.24, 2.45) is 5.92 Å². The number of ether oxygens (including phenoxy) is 1. The number of piperidine rings is 2. The van der Waals surface area contributed by atoms with Crippen molar-refractivity contribution in [3.63, 3.8) is 0 Å². The van der Waals surface area contributed by atoms with Gasteiger partial charge in [0.15, 0.2) is 0 Å². The fourth-order valence-corrected chi connectivity index (χ4v) is 8.19. The third-order valence-electron chi connectivity index (χ3n) is 9.28.